The summed E-state index contributed by atoms with van der Waals surface area (Å²) in [5, 5.41) is 0.351. The van der Waals surface area contributed by atoms with Crippen LogP contribution in [0.25, 0.3) is 0 Å². The Morgan fingerprint density at radius 2 is 1.76 bits per heavy atom. The van der Waals surface area contributed by atoms with Gasteiger partial charge >= 0.3 is 0 Å². The highest BCUT2D eigenvalue weighted by atomic mass is 33.1. The van der Waals surface area contributed by atoms with Gasteiger partial charge < -0.3 is 9.80 Å². The van der Waals surface area contributed by atoms with Gasteiger partial charge in [-0.2, -0.15) is 0 Å². The number of rotatable bonds is 2. The molecule has 0 amide bonds. The van der Waals surface area contributed by atoms with Crippen LogP contribution in [0.2, 0.25) is 0 Å². The van der Waals surface area contributed by atoms with Gasteiger partial charge in [-0.05, 0) is 18.9 Å². The Morgan fingerprint density at radius 1 is 1.12 bits per heavy atom. The molecule has 1 atom stereocenters. The van der Waals surface area contributed by atoms with Crippen LogP contribution in [0, 0.1) is 0 Å². The quantitative estimate of drug-likeness (QED) is 0.567. The average Bonchev–Trinajstić information content (AvgIpc) is 2.60. The lowest BCUT2D eigenvalue weighted by atomic mass is 10.2. The Labute approximate surface area is 121 Å². The van der Waals surface area contributed by atoms with Crippen molar-refractivity contribution in [2.45, 2.75) is 18.1 Å². The zero-order chi connectivity index (χ0) is 11.8. The van der Waals surface area contributed by atoms with Gasteiger partial charge in [-0.15, -0.1) is 0 Å². The van der Waals surface area contributed by atoms with E-state index in [1.54, 1.807) is 10.8 Å². The SMILES string of the molecule is S=C(C1=CC(C(=S)N2CCC2)SS1)N1CCC1. The van der Waals surface area contributed by atoms with Gasteiger partial charge in [-0.3, -0.25) is 0 Å². The summed E-state index contributed by atoms with van der Waals surface area (Å²) in [5.74, 6) is 0. The number of thiocarbonyl (C=S) groups is 2. The molecular formula is C11H14N2S4. The minimum Gasteiger partial charge on any atom is -0.365 e. The lowest BCUT2D eigenvalue weighted by Crippen LogP contribution is -2.44. The summed E-state index contributed by atoms with van der Waals surface area (Å²) >= 11 is 11.0. The first kappa shape index (κ1) is 12.3. The number of nitrogens with zero attached hydrogens (tertiary/aromatic N) is 2. The van der Waals surface area contributed by atoms with Crippen LogP contribution in [0.5, 0.6) is 0 Å². The maximum atomic E-state index is 5.52. The lowest BCUT2D eigenvalue weighted by Gasteiger charge is -2.35. The van der Waals surface area contributed by atoms with Crippen molar-refractivity contribution in [3.63, 3.8) is 0 Å². The molecule has 0 bridgehead atoms. The van der Waals surface area contributed by atoms with Gasteiger partial charge in [0.15, 0.2) is 0 Å². The van der Waals surface area contributed by atoms with E-state index >= 15 is 0 Å². The second kappa shape index (κ2) is 5.07. The molecule has 6 heteroatoms. The third kappa shape index (κ3) is 2.37. The molecule has 2 nitrogen and oxygen atoms in total. The summed E-state index contributed by atoms with van der Waals surface area (Å²) in [7, 11) is 3.64. The van der Waals surface area contributed by atoms with E-state index in [4.69, 9.17) is 24.4 Å². The fourth-order valence-electron chi connectivity index (χ4n) is 1.91. The van der Waals surface area contributed by atoms with Crippen LogP contribution in [0.1, 0.15) is 12.8 Å². The standard InChI is InChI=1S/C11H14N2S4/c14-10(12-3-1-4-12)8-7-9(17-16-8)11(15)13-5-2-6-13/h7-8H,1-6H2. The molecule has 0 aliphatic carbocycles. The number of hydrogen-bond acceptors (Lipinski definition) is 4. The Hall–Kier alpha value is 0.220. The summed E-state index contributed by atoms with van der Waals surface area (Å²) in [4.78, 5) is 7.96. The predicted molar refractivity (Wildman–Crippen MR) is 84.6 cm³/mol. The van der Waals surface area contributed by atoms with E-state index in [1.165, 1.54) is 17.7 Å². The van der Waals surface area contributed by atoms with Gasteiger partial charge in [-0.1, -0.05) is 46.0 Å². The first-order valence-electron chi connectivity index (χ1n) is 5.89. The predicted octanol–water partition coefficient (Wildman–Crippen LogP) is 2.70. The van der Waals surface area contributed by atoms with Crippen LogP contribution >= 0.6 is 46.0 Å². The molecule has 0 radical (unpaired) electrons. The maximum Gasteiger partial charge on any atom is 0.116 e. The highest BCUT2D eigenvalue weighted by Gasteiger charge is 2.31. The third-order valence-corrected chi connectivity index (χ3v) is 7.20. The highest BCUT2D eigenvalue weighted by molar-refractivity contribution is 8.79. The molecule has 0 aromatic carbocycles. The van der Waals surface area contributed by atoms with Crippen LogP contribution in [0.3, 0.4) is 0 Å². The molecule has 0 N–H and O–H groups in total. The summed E-state index contributed by atoms with van der Waals surface area (Å²) in [6, 6.07) is 0. The van der Waals surface area contributed by atoms with E-state index in [1.807, 2.05) is 10.8 Å². The summed E-state index contributed by atoms with van der Waals surface area (Å²) in [6.07, 6.45) is 4.82. The van der Waals surface area contributed by atoms with Crippen LogP contribution in [0.15, 0.2) is 11.0 Å². The molecule has 3 aliphatic rings. The Morgan fingerprint density at radius 3 is 2.29 bits per heavy atom. The smallest absolute Gasteiger partial charge is 0.116 e. The first-order valence-corrected chi connectivity index (χ1v) is 8.92. The average molecular weight is 303 g/mol. The molecule has 0 aromatic rings. The van der Waals surface area contributed by atoms with Gasteiger partial charge in [0.2, 0.25) is 0 Å². The minimum atomic E-state index is 0.351. The molecule has 3 heterocycles. The zero-order valence-corrected chi connectivity index (χ0v) is 12.7. The summed E-state index contributed by atoms with van der Waals surface area (Å²) in [6.45, 7) is 4.53. The van der Waals surface area contributed by atoms with Crippen molar-refractivity contribution in [2.75, 3.05) is 26.2 Å². The zero-order valence-electron chi connectivity index (χ0n) is 9.42. The van der Waals surface area contributed by atoms with Crippen molar-refractivity contribution in [3.05, 3.63) is 11.0 Å². The van der Waals surface area contributed by atoms with Crippen molar-refractivity contribution >= 4 is 56.0 Å². The van der Waals surface area contributed by atoms with E-state index in [-0.39, 0.29) is 0 Å². The van der Waals surface area contributed by atoms with E-state index in [0.29, 0.717) is 5.25 Å². The van der Waals surface area contributed by atoms with Gasteiger partial charge in [0.25, 0.3) is 0 Å². The molecule has 2 saturated heterocycles. The normalized spacial score (nSPS) is 27.3. The maximum absolute atomic E-state index is 5.52. The fourth-order valence-corrected chi connectivity index (χ4v) is 5.59. The second-order valence-electron chi connectivity index (χ2n) is 4.46. The molecule has 0 aromatic heterocycles. The third-order valence-electron chi connectivity index (χ3n) is 3.31. The number of likely N-dealkylation sites (tertiary alicyclic amines) is 2. The fraction of sp³-hybridized carbons (Fsp3) is 0.636. The summed E-state index contributed by atoms with van der Waals surface area (Å²) in [5.41, 5.74) is 0. The van der Waals surface area contributed by atoms with Crippen LogP contribution < -0.4 is 0 Å². The van der Waals surface area contributed by atoms with Crippen molar-refractivity contribution in [3.8, 4) is 0 Å². The molecule has 92 valence electrons. The van der Waals surface area contributed by atoms with Gasteiger partial charge in [-0.25, -0.2) is 0 Å². The molecule has 3 rings (SSSR count). The van der Waals surface area contributed by atoms with Crippen LogP contribution in [0.4, 0.5) is 0 Å². The van der Waals surface area contributed by atoms with Crippen molar-refractivity contribution in [1.29, 1.82) is 0 Å². The van der Waals surface area contributed by atoms with Crippen molar-refractivity contribution < 1.29 is 0 Å². The molecule has 2 fully saturated rings. The first-order chi connectivity index (χ1) is 8.25. The van der Waals surface area contributed by atoms with Gasteiger partial charge in [0.05, 0.1) is 15.1 Å². The van der Waals surface area contributed by atoms with E-state index in [0.717, 1.165) is 36.2 Å². The Balaban J connectivity index is 1.63. The number of hydrogen-bond donors (Lipinski definition) is 0. The van der Waals surface area contributed by atoms with Crippen LogP contribution in [-0.4, -0.2) is 51.2 Å². The van der Waals surface area contributed by atoms with Crippen molar-refractivity contribution in [2.24, 2.45) is 0 Å². The van der Waals surface area contributed by atoms with Gasteiger partial charge in [0.1, 0.15) is 4.99 Å². The monoisotopic (exact) mass is 302 g/mol. The highest BCUT2D eigenvalue weighted by Crippen LogP contribution is 2.44. The molecule has 3 aliphatic heterocycles. The van der Waals surface area contributed by atoms with Crippen molar-refractivity contribution in [1.82, 2.24) is 9.80 Å². The lowest BCUT2D eigenvalue weighted by molar-refractivity contribution is 0.302. The molecule has 0 saturated carbocycles. The Bertz CT molecular complexity index is 385. The van der Waals surface area contributed by atoms with Gasteiger partial charge in [0, 0.05) is 26.2 Å². The topological polar surface area (TPSA) is 6.48 Å². The Kier molecular flexibility index (Phi) is 3.66. The molecule has 0 spiro atoms. The molecule has 17 heavy (non-hydrogen) atoms. The van der Waals surface area contributed by atoms with E-state index in [9.17, 15) is 0 Å². The van der Waals surface area contributed by atoms with Crippen LogP contribution in [-0.2, 0) is 0 Å². The molecule has 1 unspecified atom stereocenters. The largest absolute Gasteiger partial charge is 0.365 e. The van der Waals surface area contributed by atoms with E-state index < -0.39 is 0 Å². The minimum absolute atomic E-state index is 0.351. The second-order valence-corrected chi connectivity index (χ2v) is 7.64. The van der Waals surface area contributed by atoms with E-state index in [2.05, 4.69) is 15.9 Å². The molecular weight excluding hydrogens is 288 g/mol. The summed E-state index contributed by atoms with van der Waals surface area (Å²) < 4.78 is 0.